The standard InChI is InChI=1S/C25H28N4O2/c1-5-10-26-13-18-17-8-6-7-9-20(17)28-23(18)24-19(14-30)25(31-4)22(29-24)12-21-15(2)11-16(3)27-21/h5-9,11-12,26-28,30H,1,10,13-14H2,2-4H3/b22-12-. The maximum atomic E-state index is 10.2. The van der Waals surface area contributed by atoms with Crippen molar-refractivity contribution in [3.8, 4) is 0 Å². The van der Waals surface area contributed by atoms with Gasteiger partial charge in [-0.2, -0.15) is 0 Å². The van der Waals surface area contributed by atoms with E-state index in [-0.39, 0.29) is 6.61 Å². The fourth-order valence-electron chi connectivity index (χ4n) is 4.10. The number of rotatable bonds is 8. The molecule has 1 aromatic carbocycles. The van der Waals surface area contributed by atoms with Gasteiger partial charge in [0, 0.05) is 46.5 Å². The molecule has 6 nitrogen and oxygen atoms in total. The van der Waals surface area contributed by atoms with Crippen molar-refractivity contribution in [2.75, 3.05) is 20.3 Å². The lowest BCUT2D eigenvalue weighted by molar-refractivity contribution is 0.283. The number of nitrogens with one attached hydrogen (secondary N) is 3. The average Bonchev–Trinajstić information content (AvgIpc) is 3.40. The molecule has 6 heteroatoms. The van der Waals surface area contributed by atoms with Crippen molar-refractivity contribution in [2.24, 2.45) is 4.99 Å². The van der Waals surface area contributed by atoms with E-state index in [1.165, 1.54) is 0 Å². The molecule has 4 N–H and O–H groups in total. The third-order valence-electron chi connectivity index (χ3n) is 5.50. The van der Waals surface area contributed by atoms with E-state index in [9.17, 15) is 5.11 Å². The van der Waals surface area contributed by atoms with Crippen LogP contribution in [0.5, 0.6) is 0 Å². The summed E-state index contributed by atoms with van der Waals surface area (Å²) in [5.74, 6) is 0.591. The van der Waals surface area contributed by atoms with Gasteiger partial charge in [0.15, 0.2) is 5.76 Å². The number of ether oxygens (including phenoxy) is 1. The Balaban J connectivity index is 1.87. The van der Waals surface area contributed by atoms with Gasteiger partial charge in [-0.05, 0) is 37.6 Å². The summed E-state index contributed by atoms with van der Waals surface area (Å²) >= 11 is 0. The van der Waals surface area contributed by atoms with Crippen LogP contribution in [0.4, 0.5) is 0 Å². The number of benzene rings is 1. The quantitative estimate of drug-likeness (QED) is 0.329. The lowest BCUT2D eigenvalue weighted by Crippen LogP contribution is -2.16. The number of H-pyrrole nitrogens is 2. The zero-order valence-electron chi connectivity index (χ0n) is 18.2. The Labute approximate surface area is 182 Å². The van der Waals surface area contributed by atoms with Crippen LogP contribution in [-0.4, -0.2) is 41.0 Å². The average molecular weight is 417 g/mol. The molecule has 0 fully saturated rings. The van der Waals surface area contributed by atoms with E-state index in [0.29, 0.717) is 35.8 Å². The third-order valence-corrected chi connectivity index (χ3v) is 5.50. The summed E-state index contributed by atoms with van der Waals surface area (Å²) in [6.45, 7) is 9.05. The van der Waals surface area contributed by atoms with Crippen LogP contribution in [0.15, 0.2) is 65.0 Å². The number of fused-ring (bicyclic) bond motifs is 1. The number of nitrogens with zero attached hydrogens (tertiary/aromatic N) is 1. The van der Waals surface area contributed by atoms with Gasteiger partial charge in [-0.3, -0.25) is 0 Å². The van der Waals surface area contributed by atoms with Crippen molar-refractivity contribution < 1.29 is 9.84 Å². The van der Waals surface area contributed by atoms with E-state index in [2.05, 4.69) is 40.9 Å². The summed E-state index contributed by atoms with van der Waals surface area (Å²) in [5.41, 5.74) is 8.29. The Bertz CT molecular complexity index is 1220. The topological polar surface area (TPSA) is 85.4 Å². The summed E-state index contributed by atoms with van der Waals surface area (Å²) in [6.07, 6.45) is 3.81. The number of aryl methyl sites for hydroxylation is 2. The van der Waals surface area contributed by atoms with E-state index in [1.807, 2.05) is 37.3 Å². The maximum absolute atomic E-state index is 10.2. The first kappa shape index (κ1) is 20.9. The normalized spacial score (nSPS) is 15.2. The highest BCUT2D eigenvalue weighted by molar-refractivity contribution is 6.18. The van der Waals surface area contributed by atoms with Crippen LogP contribution in [0.25, 0.3) is 17.0 Å². The summed E-state index contributed by atoms with van der Waals surface area (Å²) in [4.78, 5) is 11.8. The first-order valence-electron chi connectivity index (χ1n) is 10.3. The van der Waals surface area contributed by atoms with Gasteiger partial charge in [0.25, 0.3) is 0 Å². The van der Waals surface area contributed by atoms with Gasteiger partial charge < -0.3 is 25.1 Å². The number of para-hydroxylation sites is 1. The number of aromatic amines is 2. The second-order valence-corrected chi connectivity index (χ2v) is 7.65. The molecule has 2 aromatic heterocycles. The molecule has 31 heavy (non-hydrogen) atoms. The monoisotopic (exact) mass is 416 g/mol. The second kappa shape index (κ2) is 8.79. The molecule has 1 aliphatic rings. The zero-order valence-corrected chi connectivity index (χ0v) is 18.2. The maximum Gasteiger partial charge on any atom is 0.152 e. The van der Waals surface area contributed by atoms with Crippen LogP contribution in [0.1, 0.15) is 28.2 Å². The fraction of sp³-hybridized carbons (Fsp3) is 0.240. The fourth-order valence-corrected chi connectivity index (χ4v) is 4.10. The molecular weight excluding hydrogens is 388 g/mol. The van der Waals surface area contributed by atoms with Gasteiger partial charge in [0.05, 0.1) is 25.1 Å². The molecule has 1 aliphatic heterocycles. The molecule has 3 aromatic rings. The number of aromatic nitrogens is 2. The summed E-state index contributed by atoms with van der Waals surface area (Å²) in [6, 6.07) is 10.3. The van der Waals surface area contributed by atoms with Crippen molar-refractivity contribution in [2.45, 2.75) is 20.4 Å². The van der Waals surface area contributed by atoms with Crippen LogP contribution in [0.3, 0.4) is 0 Å². The molecule has 0 bridgehead atoms. The Hall–Kier alpha value is -3.35. The number of hydrogen-bond acceptors (Lipinski definition) is 4. The van der Waals surface area contributed by atoms with E-state index >= 15 is 0 Å². The largest absolute Gasteiger partial charge is 0.494 e. The SMILES string of the molecule is C=CCNCc1c(C2=N/C(=C\c3[nH]c(C)cc3C)C(OC)=C2CO)[nH]c2ccccc12. The van der Waals surface area contributed by atoms with Gasteiger partial charge in [-0.1, -0.05) is 24.3 Å². The zero-order chi connectivity index (χ0) is 22.0. The van der Waals surface area contributed by atoms with Crippen molar-refractivity contribution in [3.05, 3.63) is 88.2 Å². The first-order chi connectivity index (χ1) is 15.1. The lowest BCUT2D eigenvalue weighted by atomic mass is 10.0. The summed E-state index contributed by atoms with van der Waals surface area (Å²) in [7, 11) is 1.61. The van der Waals surface area contributed by atoms with Crippen molar-refractivity contribution in [3.63, 3.8) is 0 Å². The number of aliphatic hydroxyl groups is 1. The van der Waals surface area contributed by atoms with Gasteiger partial charge in [0.2, 0.25) is 0 Å². The molecular formula is C25H28N4O2. The molecule has 0 aliphatic carbocycles. The highest BCUT2D eigenvalue weighted by Gasteiger charge is 2.29. The van der Waals surface area contributed by atoms with Crippen LogP contribution in [0.2, 0.25) is 0 Å². The Morgan fingerprint density at radius 3 is 2.71 bits per heavy atom. The smallest absolute Gasteiger partial charge is 0.152 e. The summed E-state index contributed by atoms with van der Waals surface area (Å²) in [5, 5.41) is 14.7. The molecule has 0 radical (unpaired) electrons. The molecule has 0 atom stereocenters. The molecule has 0 spiro atoms. The van der Waals surface area contributed by atoms with E-state index in [4.69, 9.17) is 9.73 Å². The highest BCUT2D eigenvalue weighted by Crippen LogP contribution is 2.33. The molecule has 0 amide bonds. The first-order valence-corrected chi connectivity index (χ1v) is 10.3. The third kappa shape index (κ3) is 3.87. The minimum Gasteiger partial charge on any atom is -0.494 e. The van der Waals surface area contributed by atoms with E-state index in [1.54, 1.807) is 7.11 Å². The molecule has 0 saturated carbocycles. The predicted octanol–water partition coefficient (Wildman–Crippen LogP) is 4.13. The van der Waals surface area contributed by atoms with Gasteiger partial charge in [0.1, 0.15) is 5.70 Å². The van der Waals surface area contributed by atoms with E-state index in [0.717, 1.165) is 39.1 Å². The van der Waals surface area contributed by atoms with Crippen molar-refractivity contribution in [1.82, 2.24) is 15.3 Å². The molecule has 3 heterocycles. The predicted molar refractivity (Wildman–Crippen MR) is 126 cm³/mol. The Kier molecular flexibility index (Phi) is 5.93. The number of methoxy groups -OCH3 is 1. The van der Waals surface area contributed by atoms with Crippen molar-refractivity contribution in [1.29, 1.82) is 0 Å². The summed E-state index contributed by atoms with van der Waals surface area (Å²) < 4.78 is 5.69. The second-order valence-electron chi connectivity index (χ2n) is 7.65. The van der Waals surface area contributed by atoms with Crippen molar-refractivity contribution >= 4 is 22.7 Å². The molecule has 4 rings (SSSR count). The van der Waals surface area contributed by atoms with Gasteiger partial charge >= 0.3 is 0 Å². The number of aliphatic imine (C=N–C) groups is 1. The Morgan fingerprint density at radius 2 is 2.03 bits per heavy atom. The van der Waals surface area contributed by atoms with Gasteiger partial charge in [-0.15, -0.1) is 6.58 Å². The van der Waals surface area contributed by atoms with Crippen LogP contribution < -0.4 is 5.32 Å². The Morgan fingerprint density at radius 1 is 1.23 bits per heavy atom. The van der Waals surface area contributed by atoms with E-state index < -0.39 is 0 Å². The molecule has 0 unspecified atom stereocenters. The minimum atomic E-state index is -0.170. The minimum absolute atomic E-state index is 0.170. The van der Waals surface area contributed by atoms with Crippen LogP contribution in [0, 0.1) is 13.8 Å². The number of aliphatic hydroxyl groups excluding tert-OH is 1. The molecule has 160 valence electrons. The molecule has 0 saturated heterocycles. The highest BCUT2D eigenvalue weighted by atomic mass is 16.5. The van der Waals surface area contributed by atoms with Gasteiger partial charge in [-0.25, -0.2) is 4.99 Å². The number of hydrogen-bond donors (Lipinski definition) is 4. The van der Waals surface area contributed by atoms with Crippen LogP contribution in [-0.2, 0) is 11.3 Å². The van der Waals surface area contributed by atoms with Crippen LogP contribution >= 0.6 is 0 Å². The lowest BCUT2D eigenvalue weighted by Gasteiger charge is -2.08.